The normalized spacial score (nSPS) is 19.4. The average Bonchev–Trinajstić information content (AvgIpc) is 2.88. The van der Waals surface area contributed by atoms with Crippen LogP contribution in [0.1, 0.15) is 45.2 Å². The molecule has 1 unspecified atom stereocenters. The van der Waals surface area contributed by atoms with E-state index in [9.17, 15) is 0 Å². The first-order valence-corrected chi connectivity index (χ1v) is 7.28. The number of anilines is 1. The van der Waals surface area contributed by atoms with Crippen LogP contribution in [-0.4, -0.2) is 24.1 Å². The summed E-state index contributed by atoms with van der Waals surface area (Å²) in [7, 11) is 0. The Hall–Kier alpha value is -1.09. The Balaban J connectivity index is 2.02. The van der Waals surface area contributed by atoms with Crippen molar-refractivity contribution in [1.82, 2.24) is 10.3 Å². The third-order valence-corrected chi connectivity index (χ3v) is 3.67. The van der Waals surface area contributed by atoms with E-state index in [2.05, 4.69) is 42.3 Å². The van der Waals surface area contributed by atoms with Crippen LogP contribution in [0.4, 0.5) is 5.82 Å². The fourth-order valence-electron chi connectivity index (χ4n) is 2.68. The molecule has 1 aliphatic heterocycles. The number of nitrogens with one attached hydrogen (secondary N) is 1. The maximum atomic E-state index is 4.79. The molecule has 0 aromatic carbocycles. The van der Waals surface area contributed by atoms with Gasteiger partial charge in [-0.2, -0.15) is 0 Å². The first kappa shape index (κ1) is 13.3. The Morgan fingerprint density at radius 1 is 1.39 bits per heavy atom. The predicted octanol–water partition coefficient (Wildman–Crippen LogP) is 2.96. The largest absolute Gasteiger partial charge is 0.354 e. The summed E-state index contributed by atoms with van der Waals surface area (Å²) in [4.78, 5) is 7.26. The Kier molecular flexibility index (Phi) is 5.00. The fourth-order valence-corrected chi connectivity index (χ4v) is 2.68. The van der Waals surface area contributed by atoms with Crippen molar-refractivity contribution in [3.63, 3.8) is 0 Å². The molecule has 2 heterocycles. The topological polar surface area (TPSA) is 28.2 Å². The van der Waals surface area contributed by atoms with Gasteiger partial charge in [-0.3, -0.25) is 0 Å². The summed E-state index contributed by atoms with van der Waals surface area (Å²) >= 11 is 0. The van der Waals surface area contributed by atoms with Gasteiger partial charge in [0.05, 0.1) is 5.69 Å². The van der Waals surface area contributed by atoms with Gasteiger partial charge in [0.2, 0.25) is 0 Å². The van der Waals surface area contributed by atoms with Gasteiger partial charge in [0.25, 0.3) is 0 Å². The molecular formula is C15H25N3. The molecule has 1 N–H and O–H groups in total. The van der Waals surface area contributed by atoms with Gasteiger partial charge in [0, 0.05) is 19.1 Å². The molecule has 0 spiro atoms. The Morgan fingerprint density at radius 3 is 3.06 bits per heavy atom. The van der Waals surface area contributed by atoms with E-state index in [0.29, 0.717) is 6.04 Å². The van der Waals surface area contributed by atoms with Crippen molar-refractivity contribution in [2.45, 2.75) is 52.1 Å². The number of rotatable bonds is 6. The van der Waals surface area contributed by atoms with E-state index in [-0.39, 0.29) is 0 Å². The van der Waals surface area contributed by atoms with Gasteiger partial charge in [0.1, 0.15) is 5.82 Å². The number of aromatic nitrogens is 1. The van der Waals surface area contributed by atoms with Crippen molar-refractivity contribution in [3.8, 4) is 0 Å². The monoisotopic (exact) mass is 247 g/mol. The lowest BCUT2D eigenvalue weighted by atomic mass is 10.2. The molecule has 1 aliphatic rings. The van der Waals surface area contributed by atoms with E-state index in [4.69, 9.17) is 4.98 Å². The smallest absolute Gasteiger partial charge is 0.129 e. The molecule has 18 heavy (non-hydrogen) atoms. The number of pyridine rings is 1. The minimum atomic E-state index is 0.691. The summed E-state index contributed by atoms with van der Waals surface area (Å²) in [5.41, 5.74) is 1.16. The van der Waals surface area contributed by atoms with Crippen LogP contribution in [0, 0.1) is 0 Å². The molecule has 1 fully saturated rings. The fraction of sp³-hybridized carbons (Fsp3) is 0.667. The van der Waals surface area contributed by atoms with Crippen molar-refractivity contribution < 1.29 is 0 Å². The first-order valence-electron chi connectivity index (χ1n) is 7.28. The Bertz CT molecular complexity index is 365. The van der Waals surface area contributed by atoms with Crippen molar-refractivity contribution in [3.05, 3.63) is 23.9 Å². The first-order chi connectivity index (χ1) is 8.85. The van der Waals surface area contributed by atoms with Crippen LogP contribution < -0.4 is 10.2 Å². The van der Waals surface area contributed by atoms with Gasteiger partial charge in [-0.05, 0) is 44.4 Å². The molecule has 0 bridgehead atoms. The van der Waals surface area contributed by atoms with Gasteiger partial charge in [-0.1, -0.05) is 19.9 Å². The molecule has 0 aliphatic carbocycles. The summed E-state index contributed by atoms with van der Waals surface area (Å²) in [5.74, 6) is 1.16. The zero-order chi connectivity index (χ0) is 12.8. The number of nitrogens with zero attached hydrogens (tertiary/aromatic N) is 2. The second-order valence-electron chi connectivity index (χ2n) is 5.06. The minimum Gasteiger partial charge on any atom is -0.354 e. The van der Waals surface area contributed by atoms with E-state index in [0.717, 1.165) is 31.1 Å². The van der Waals surface area contributed by atoms with Crippen LogP contribution in [0.15, 0.2) is 18.2 Å². The van der Waals surface area contributed by atoms with Crippen LogP contribution in [0.3, 0.4) is 0 Å². The molecule has 2 rings (SSSR count). The third-order valence-electron chi connectivity index (χ3n) is 3.67. The molecule has 3 nitrogen and oxygen atoms in total. The zero-order valence-corrected chi connectivity index (χ0v) is 11.7. The standard InChI is InChI=1S/C15H25N3/c1-3-10-16-12-13-7-5-9-15(17-13)18-11-6-8-14(18)4-2/h5,7,9,14,16H,3-4,6,8,10-12H2,1-2H3. The molecule has 0 radical (unpaired) electrons. The van der Waals surface area contributed by atoms with Crippen molar-refractivity contribution in [1.29, 1.82) is 0 Å². The highest BCUT2D eigenvalue weighted by atomic mass is 15.2. The maximum Gasteiger partial charge on any atom is 0.129 e. The van der Waals surface area contributed by atoms with E-state index in [1.54, 1.807) is 0 Å². The lowest BCUT2D eigenvalue weighted by molar-refractivity contribution is 0.634. The third kappa shape index (κ3) is 3.22. The van der Waals surface area contributed by atoms with E-state index >= 15 is 0 Å². The molecule has 1 saturated heterocycles. The molecule has 100 valence electrons. The molecule has 0 saturated carbocycles. The van der Waals surface area contributed by atoms with E-state index < -0.39 is 0 Å². The van der Waals surface area contributed by atoms with Gasteiger partial charge in [-0.25, -0.2) is 4.98 Å². The van der Waals surface area contributed by atoms with Gasteiger partial charge < -0.3 is 10.2 Å². The Morgan fingerprint density at radius 2 is 2.28 bits per heavy atom. The van der Waals surface area contributed by atoms with Gasteiger partial charge in [-0.15, -0.1) is 0 Å². The van der Waals surface area contributed by atoms with E-state index in [1.165, 1.54) is 25.7 Å². The van der Waals surface area contributed by atoms with Crippen molar-refractivity contribution >= 4 is 5.82 Å². The lowest BCUT2D eigenvalue weighted by Gasteiger charge is -2.25. The summed E-state index contributed by atoms with van der Waals surface area (Å²) in [5, 5.41) is 3.41. The second-order valence-corrected chi connectivity index (χ2v) is 5.06. The molecule has 3 heteroatoms. The van der Waals surface area contributed by atoms with Gasteiger partial charge >= 0.3 is 0 Å². The van der Waals surface area contributed by atoms with Crippen LogP contribution in [-0.2, 0) is 6.54 Å². The number of hydrogen-bond donors (Lipinski definition) is 1. The predicted molar refractivity (Wildman–Crippen MR) is 76.9 cm³/mol. The van der Waals surface area contributed by atoms with Gasteiger partial charge in [0.15, 0.2) is 0 Å². The molecule has 1 aromatic heterocycles. The zero-order valence-electron chi connectivity index (χ0n) is 11.7. The maximum absolute atomic E-state index is 4.79. The van der Waals surface area contributed by atoms with Crippen LogP contribution >= 0.6 is 0 Å². The quantitative estimate of drug-likeness (QED) is 0.783. The minimum absolute atomic E-state index is 0.691. The highest BCUT2D eigenvalue weighted by Gasteiger charge is 2.23. The van der Waals surface area contributed by atoms with Crippen LogP contribution in [0.5, 0.6) is 0 Å². The summed E-state index contributed by atoms with van der Waals surface area (Å²) < 4.78 is 0. The molecular weight excluding hydrogens is 222 g/mol. The number of hydrogen-bond acceptors (Lipinski definition) is 3. The van der Waals surface area contributed by atoms with Crippen LogP contribution in [0.25, 0.3) is 0 Å². The lowest BCUT2D eigenvalue weighted by Crippen LogP contribution is -2.29. The Labute approximate surface area is 111 Å². The summed E-state index contributed by atoms with van der Waals surface area (Å²) in [6.45, 7) is 7.57. The SMILES string of the molecule is CCCNCc1cccc(N2CCCC2CC)n1. The van der Waals surface area contributed by atoms with Crippen LogP contribution in [0.2, 0.25) is 0 Å². The highest BCUT2D eigenvalue weighted by Crippen LogP contribution is 2.25. The van der Waals surface area contributed by atoms with Crippen molar-refractivity contribution in [2.75, 3.05) is 18.0 Å². The molecule has 1 atom stereocenters. The van der Waals surface area contributed by atoms with Crippen molar-refractivity contribution in [2.24, 2.45) is 0 Å². The molecule has 0 amide bonds. The summed E-state index contributed by atoms with van der Waals surface area (Å²) in [6.07, 6.45) is 5.01. The summed E-state index contributed by atoms with van der Waals surface area (Å²) in [6, 6.07) is 7.09. The van der Waals surface area contributed by atoms with E-state index in [1.807, 2.05) is 0 Å². The second kappa shape index (κ2) is 6.74. The molecule has 1 aromatic rings. The average molecular weight is 247 g/mol. The highest BCUT2D eigenvalue weighted by molar-refractivity contribution is 5.41.